The monoisotopic (exact) mass is 307 g/mol. The predicted molar refractivity (Wildman–Crippen MR) is 91.3 cm³/mol. The molecule has 1 saturated carbocycles. The van der Waals surface area contributed by atoms with E-state index in [4.69, 9.17) is 4.98 Å². The quantitative estimate of drug-likeness (QED) is 0.762. The van der Waals surface area contributed by atoms with Crippen molar-refractivity contribution in [2.24, 2.45) is 0 Å². The van der Waals surface area contributed by atoms with Crippen LogP contribution < -0.4 is 10.2 Å². The van der Waals surface area contributed by atoms with E-state index in [1.54, 1.807) is 0 Å². The van der Waals surface area contributed by atoms with Gasteiger partial charge in [0.25, 0.3) is 0 Å². The van der Waals surface area contributed by atoms with E-state index < -0.39 is 0 Å². The van der Waals surface area contributed by atoms with Gasteiger partial charge in [0, 0.05) is 29.4 Å². The molecule has 1 N–H and O–H groups in total. The van der Waals surface area contributed by atoms with Gasteiger partial charge in [-0.15, -0.1) is 11.3 Å². The number of nitrogens with one attached hydrogen (secondary N) is 1. The molecule has 2 atom stereocenters. The van der Waals surface area contributed by atoms with Gasteiger partial charge in [0.2, 0.25) is 0 Å². The first kappa shape index (κ1) is 15.3. The van der Waals surface area contributed by atoms with Gasteiger partial charge >= 0.3 is 0 Å². The van der Waals surface area contributed by atoms with Crippen molar-refractivity contribution in [2.45, 2.75) is 83.8 Å². The molecule has 0 aromatic carbocycles. The highest BCUT2D eigenvalue weighted by Gasteiger charge is 2.35. The fourth-order valence-electron chi connectivity index (χ4n) is 3.46. The van der Waals surface area contributed by atoms with E-state index in [0.29, 0.717) is 12.1 Å². The molecule has 4 heteroatoms. The smallest absolute Gasteiger partial charge is 0.186 e. The molecule has 21 heavy (non-hydrogen) atoms. The van der Waals surface area contributed by atoms with Crippen molar-refractivity contribution in [1.29, 1.82) is 0 Å². The number of thiazole rings is 1. The molecular formula is C17H29N3S. The van der Waals surface area contributed by atoms with E-state index in [0.717, 1.165) is 19.0 Å². The fourth-order valence-corrected chi connectivity index (χ4v) is 4.75. The molecular weight excluding hydrogens is 278 g/mol. The lowest BCUT2D eigenvalue weighted by molar-refractivity contribution is 0.625. The number of aromatic nitrogens is 1. The zero-order valence-corrected chi connectivity index (χ0v) is 14.5. The first-order valence-electron chi connectivity index (χ1n) is 8.73. The normalized spacial score (nSPS) is 25.8. The molecule has 0 radical (unpaired) electrons. The summed E-state index contributed by atoms with van der Waals surface area (Å²) in [7, 11) is 0. The van der Waals surface area contributed by atoms with Crippen molar-refractivity contribution in [3.8, 4) is 0 Å². The number of nitrogens with zero attached hydrogens (tertiary/aromatic N) is 2. The number of hydrogen-bond donors (Lipinski definition) is 1. The zero-order valence-electron chi connectivity index (χ0n) is 13.7. The molecule has 2 fully saturated rings. The Bertz CT molecular complexity index is 467. The van der Waals surface area contributed by atoms with Crippen LogP contribution in [0.1, 0.15) is 75.8 Å². The molecule has 1 aliphatic heterocycles. The Kier molecular flexibility index (Phi) is 4.85. The van der Waals surface area contributed by atoms with Crippen LogP contribution in [0.2, 0.25) is 0 Å². The summed E-state index contributed by atoms with van der Waals surface area (Å²) >= 11 is 1.95. The second-order valence-corrected chi connectivity index (χ2v) is 7.71. The van der Waals surface area contributed by atoms with Crippen molar-refractivity contribution in [3.63, 3.8) is 0 Å². The fraction of sp³-hybridized carbons (Fsp3) is 0.824. The second kappa shape index (κ2) is 6.66. The summed E-state index contributed by atoms with van der Waals surface area (Å²) in [6, 6.07) is 1.36. The maximum Gasteiger partial charge on any atom is 0.186 e. The summed E-state index contributed by atoms with van der Waals surface area (Å²) < 4.78 is 0. The van der Waals surface area contributed by atoms with Crippen LogP contribution >= 0.6 is 11.3 Å². The molecule has 2 unspecified atom stereocenters. The van der Waals surface area contributed by atoms with E-state index in [1.165, 1.54) is 54.2 Å². The minimum atomic E-state index is 0.657. The molecule has 0 amide bonds. The highest BCUT2D eigenvalue weighted by molar-refractivity contribution is 7.15. The van der Waals surface area contributed by atoms with Gasteiger partial charge in [-0.25, -0.2) is 4.98 Å². The Morgan fingerprint density at radius 1 is 1.24 bits per heavy atom. The maximum atomic E-state index is 5.09. The van der Waals surface area contributed by atoms with Crippen molar-refractivity contribution in [3.05, 3.63) is 10.6 Å². The standard InChI is InChI=1S/C17H29N3S/c1-4-10-18-11-15-16(13-7-8-13)19-17(21-15)20-12(3)6-9-14(20)5-2/h12-14,18H,4-11H2,1-3H3. The van der Waals surface area contributed by atoms with Gasteiger partial charge in [-0.3, -0.25) is 0 Å². The number of anilines is 1. The van der Waals surface area contributed by atoms with Crippen molar-refractivity contribution >= 4 is 16.5 Å². The minimum Gasteiger partial charge on any atom is -0.342 e. The summed E-state index contributed by atoms with van der Waals surface area (Å²) in [5.74, 6) is 0.756. The molecule has 3 rings (SSSR count). The highest BCUT2D eigenvalue weighted by atomic mass is 32.1. The average Bonchev–Trinajstić information content (AvgIpc) is 3.14. The Morgan fingerprint density at radius 3 is 2.71 bits per heavy atom. The van der Waals surface area contributed by atoms with Gasteiger partial charge in [0.1, 0.15) is 0 Å². The van der Waals surface area contributed by atoms with Gasteiger partial charge in [-0.1, -0.05) is 13.8 Å². The lowest BCUT2D eigenvalue weighted by Gasteiger charge is -2.27. The predicted octanol–water partition coefficient (Wildman–Crippen LogP) is 4.29. The summed E-state index contributed by atoms with van der Waals surface area (Å²) in [5, 5.41) is 4.86. The number of rotatable bonds is 7. The minimum absolute atomic E-state index is 0.657. The SMILES string of the molecule is CCCNCc1sc(N2C(C)CCC2CC)nc1C1CC1. The van der Waals surface area contributed by atoms with Crippen LogP contribution in [0.5, 0.6) is 0 Å². The van der Waals surface area contributed by atoms with Crippen LogP contribution in [0.25, 0.3) is 0 Å². The van der Waals surface area contributed by atoms with E-state index in [1.807, 2.05) is 11.3 Å². The average molecular weight is 308 g/mol. The topological polar surface area (TPSA) is 28.2 Å². The molecule has 0 bridgehead atoms. The van der Waals surface area contributed by atoms with Crippen LogP contribution in [-0.2, 0) is 6.54 Å². The van der Waals surface area contributed by atoms with Gasteiger partial charge in [0.05, 0.1) is 5.69 Å². The van der Waals surface area contributed by atoms with Gasteiger partial charge < -0.3 is 10.2 Å². The number of hydrogen-bond acceptors (Lipinski definition) is 4. The largest absolute Gasteiger partial charge is 0.342 e. The molecule has 2 aliphatic rings. The van der Waals surface area contributed by atoms with Gasteiger partial charge in [-0.05, 0) is 52.0 Å². The van der Waals surface area contributed by atoms with E-state index in [2.05, 4.69) is 31.0 Å². The summed E-state index contributed by atoms with van der Waals surface area (Å²) in [5.41, 5.74) is 1.41. The Morgan fingerprint density at radius 2 is 2.05 bits per heavy atom. The van der Waals surface area contributed by atoms with Crippen LogP contribution in [-0.4, -0.2) is 23.6 Å². The second-order valence-electron chi connectivity index (χ2n) is 6.65. The van der Waals surface area contributed by atoms with E-state index in [-0.39, 0.29) is 0 Å². The van der Waals surface area contributed by atoms with Crippen molar-refractivity contribution in [1.82, 2.24) is 10.3 Å². The molecule has 3 nitrogen and oxygen atoms in total. The molecule has 2 heterocycles. The third-order valence-electron chi connectivity index (χ3n) is 4.87. The first-order chi connectivity index (χ1) is 10.2. The summed E-state index contributed by atoms with van der Waals surface area (Å²) in [6.07, 6.45) is 7.78. The molecule has 1 aliphatic carbocycles. The third kappa shape index (κ3) is 3.26. The van der Waals surface area contributed by atoms with Gasteiger partial charge in [-0.2, -0.15) is 0 Å². The molecule has 1 saturated heterocycles. The Labute approximate surface area is 133 Å². The Balaban J connectivity index is 1.80. The van der Waals surface area contributed by atoms with Crippen molar-refractivity contribution < 1.29 is 0 Å². The van der Waals surface area contributed by atoms with Crippen LogP contribution in [0, 0.1) is 0 Å². The first-order valence-corrected chi connectivity index (χ1v) is 9.54. The summed E-state index contributed by atoms with van der Waals surface area (Å²) in [6.45, 7) is 9.02. The molecule has 118 valence electrons. The third-order valence-corrected chi connectivity index (χ3v) is 5.96. The molecule has 1 aromatic heterocycles. The van der Waals surface area contributed by atoms with Gasteiger partial charge in [0.15, 0.2) is 5.13 Å². The molecule has 0 spiro atoms. The molecule has 1 aromatic rings. The zero-order chi connectivity index (χ0) is 14.8. The van der Waals surface area contributed by atoms with Crippen LogP contribution in [0.4, 0.5) is 5.13 Å². The van der Waals surface area contributed by atoms with Crippen LogP contribution in [0.15, 0.2) is 0 Å². The van der Waals surface area contributed by atoms with Crippen LogP contribution in [0.3, 0.4) is 0 Å². The van der Waals surface area contributed by atoms with Crippen molar-refractivity contribution in [2.75, 3.05) is 11.4 Å². The highest BCUT2D eigenvalue weighted by Crippen LogP contribution is 2.45. The van der Waals surface area contributed by atoms with E-state index >= 15 is 0 Å². The summed E-state index contributed by atoms with van der Waals surface area (Å²) in [4.78, 5) is 9.19. The lowest BCUT2D eigenvalue weighted by Crippen LogP contribution is -2.33. The maximum absolute atomic E-state index is 5.09. The Hall–Kier alpha value is -0.610. The van der Waals surface area contributed by atoms with E-state index in [9.17, 15) is 0 Å². The lowest BCUT2D eigenvalue weighted by atomic mass is 10.2.